The number of ether oxygens (including phenoxy) is 1. The summed E-state index contributed by atoms with van der Waals surface area (Å²) < 4.78 is 32.4. The summed E-state index contributed by atoms with van der Waals surface area (Å²) in [5.41, 5.74) is 1.05. The maximum Gasteiger partial charge on any atom is 0.244 e. The van der Waals surface area contributed by atoms with Gasteiger partial charge in [0.2, 0.25) is 10.0 Å². The lowest BCUT2D eigenvalue weighted by Crippen LogP contribution is -2.27. The van der Waals surface area contributed by atoms with E-state index in [1.165, 1.54) is 0 Å². The molecule has 0 saturated carbocycles. The van der Waals surface area contributed by atoms with Crippen molar-refractivity contribution in [2.75, 3.05) is 26.8 Å². The van der Waals surface area contributed by atoms with E-state index in [9.17, 15) is 8.42 Å². The number of nitrogens with zero attached hydrogens (tertiary/aromatic N) is 1. The normalized spacial score (nSPS) is 11.9. The van der Waals surface area contributed by atoms with E-state index in [0.717, 1.165) is 6.42 Å². The van der Waals surface area contributed by atoms with Gasteiger partial charge in [-0.2, -0.15) is 5.10 Å². The average molecular weight is 304 g/mol. The van der Waals surface area contributed by atoms with Gasteiger partial charge in [-0.05, 0) is 26.8 Å². The minimum Gasteiger partial charge on any atom is -0.381 e. The lowest BCUT2D eigenvalue weighted by Gasteiger charge is -2.08. The SMILES string of the molecule is CCCOCCCNS(=O)(=O)c1c(CNC)n[nH]c1C. The summed E-state index contributed by atoms with van der Waals surface area (Å²) in [5, 5.41) is 9.63. The molecule has 0 radical (unpaired) electrons. The van der Waals surface area contributed by atoms with Gasteiger partial charge in [0.05, 0.1) is 11.4 Å². The summed E-state index contributed by atoms with van der Waals surface area (Å²) in [4.78, 5) is 0.237. The fourth-order valence-electron chi connectivity index (χ4n) is 1.81. The molecule has 1 aromatic rings. The van der Waals surface area contributed by atoms with Crippen LogP contribution in [0.4, 0.5) is 0 Å². The van der Waals surface area contributed by atoms with Gasteiger partial charge < -0.3 is 10.1 Å². The van der Waals surface area contributed by atoms with Crippen LogP contribution < -0.4 is 10.0 Å². The van der Waals surface area contributed by atoms with Crippen molar-refractivity contribution in [3.63, 3.8) is 0 Å². The van der Waals surface area contributed by atoms with Crippen LogP contribution in [0.3, 0.4) is 0 Å². The zero-order chi connectivity index (χ0) is 15.0. The first-order valence-electron chi connectivity index (χ1n) is 6.78. The number of hydrogen-bond donors (Lipinski definition) is 3. The highest BCUT2D eigenvalue weighted by molar-refractivity contribution is 7.89. The Balaban J connectivity index is 2.58. The van der Waals surface area contributed by atoms with E-state index >= 15 is 0 Å². The van der Waals surface area contributed by atoms with Crippen molar-refractivity contribution in [2.24, 2.45) is 0 Å². The van der Waals surface area contributed by atoms with Crippen LogP contribution in [0.5, 0.6) is 0 Å². The number of hydrogen-bond acceptors (Lipinski definition) is 5. The van der Waals surface area contributed by atoms with Gasteiger partial charge in [-0.15, -0.1) is 0 Å². The van der Waals surface area contributed by atoms with Gasteiger partial charge in [-0.25, -0.2) is 13.1 Å². The Morgan fingerprint density at radius 2 is 2.10 bits per heavy atom. The third kappa shape index (κ3) is 4.86. The molecular formula is C12H24N4O3S. The van der Waals surface area contributed by atoms with Crippen LogP contribution in [0, 0.1) is 6.92 Å². The molecule has 1 aromatic heterocycles. The Labute approximate surface area is 120 Å². The second-order valence-corrected chi connectivity index (χ2v) is 6.22. The molecule has 0 aromatic carbocycles. The standard InChI is InChI=1S/C12H24N4O3S/c1-4-7-19-8-5-6-14-20(17,18)12-10(2)15-16-11(12)9-13-3/h13-14H,4-9H2,1-3H3,(H,15,16). The van der Waals surface area contributed by atoms with Gasteiger partial charge >= 0.3 is 0 Å². The molecule has 0 aliphatic heterocycles. The fraction of sp³-hybridized carbons (Fsp3) is 0.750. The third-order valence-corrected chi connectivity index (χ3v) is 4.34. The third-order valence-electron chi connectivity index (χ3n) is 2.68. The van der Waals surface area contributed by atoms with Crippen molar-refractivity contribution in [3.05, 3.63) is 11.4 Å². The first kappa shape index (κ1) is 17.1. The monoisotopic (exact) mass is 304 g/mol. The highest BCUT2D eigenvalue weighted by Gasteiger charge is 2.23. The largest absolute Gasteiger partial charge is 0.381 e. The predicted octanol–water partition coefficient (Wildman–Crippen LogP) is 0.533. The lowest BCUT2D eigenvalue weighted by atomic mass is 10.4. The van der Waals surface area contributed by atoms with E-state index in [-0.39, 0.29) is 4.90 Å². The van der Waals surface area contributed by atoms with E-state index < -0.39 is 10.0 Å². The summed E-state index contributed by atoms with van der Waals surface area (Å²) in [5.74, 6) is 0. The van der Waals surface area contributed by atoms with E-state index in [0.29, 0.717) is 44.1 Å². The molecule has 0 aliphatic rings. The molecule has 8 heteroatoms. The van der Waals surface area contributed by atoms with Crippen LogP contribution in [0.2, 0.25) is 0 Å². The average Bonchev–Trinajstić information content (AvgIpc) is 2.76. The molecule has 0 bridgehead atoms. The maximum absolute atomic E-state index is 12.3. The predicted molar refractivity (Wildman–Crippen MR) is 77.0 cm³/mol. The summed E-state index contributed by atoms with van der Waals surface area (Å²) in [7, 11) is -1.78. The molecule has 0 fully saturated rings. The summed E-state index contributed by atoms with van der Waals surface area (Å²) in [6.45, 7) is 5.76. The van der Waals surface area contributed by atoms with Crippen molar-refractivity contribution in [1.29, 1.82) is 0 Å². The molecule has 0 spiro atoms. The molecule has 20 heavy (non-hydrogen) atoms. The molecule has 0 atom stereocenters. The van der Waals surface area contributed by atoms with Gasteiger partial charge in [0.25, 0.3) is 0 Å². The van der Waals surface area contributed by atoms with Crippen molar-refractivity contribution in [1.82, 2.24) is 20.2 Å². The Morgan fingerprint density at radius 1 is 1.35 bits per heavy atom. The zero-order valence-corrected chi connectivity index (χ0v) is 13.1. The van der Waals surface area contributed by atoms with Gasteiger partial charge in [0.15, 0.2) is 0 Å². The summed E-state index contributed by atoms with van der Waals surface area (Å²) in [6, 6.07) is 0. The van der Waals surface area contributed by atoms with Gasteiger partial charge in [-0.3, -0.25) is 5.10 Å². The molecule has 7 nitrogen and oxygen atoms in total. The second-order valence-electron chi connectivity index (χ2n) is 4.52. The Hall–Kier alpha value is -0.960. The zero-order valence-electron chi connectivity index (χ0n) is 12.3. The first-order chi connectivity index (χ1) is 9.53. The van der Waals surface area contributed by atoms with Crippen LogP contribution in [-0.2, 0) is 21.3 Å². The van der Waals surface area contributed by atoms with Gasteiger partial charge in [0, 0.05) is 26.3 Å². The minimum absolute atomic E-state index is 0.237. The van der Waals surface area contributed by atoms with Crippen molar-refractivity contribution >= 4 is 10.0 Å². The van der Waals surface area contributed by atoms with E-state index in [1.807, 2.05) is 6.92 Å². The number of sulfonamides is 1. The number of aromatic nitrogens is 2. The molecule has 1 rings (SSSR count). The van der Waals surface area contributed by atoms with Crippen LogP contribution in [-0.4, -0.2) is 45.4 Å². The molecule has 116 valence electrons. The number of rotatable bonds is 10. The van der Waals surface area contributed by atoms with Crippen molar-refractivity contribution < 1.29 is 13.2 Å². The molecule has 3 N–H and O–H groups in total. The maximum atomic E-state index is 12.3. The second kappa shape index (κ2) is 8.35. The number of nitrogens with one attached hydrogen (secondary N) is 3. The van der Waals surface area contributed by atoms with Gasteiger partial charge in [0.1, 0.15) is 4.90 Å². The van der Waals surface area contributed by atoms with Crippen LogP contribution in [0.25, 0.3) is 0 Å². The first-order valence-corrected chi connectivity index (χ1v) is 8.27. The van der Waals surface area contributed by atoms with Crippen molar-refractivity contribution in [2.45, 2.75) is 38.1 Å². The fourth-order valence-corrected chi connectivity index (χ4v) is 3.25. The quantitative estimate of drug-likeness (QED) is 0.548. The van der Waals surface area contributed by atoms with Crippen molar-refractivity contribution in [3.8, 4) is 0 Å². The molecule has 0 aliphatic carbocycles. The van der Waals surface area contributed by atoms with E-state index in [1.54, 1.807) is 14.0 Å². The molecule has 0 amide bonds. The van der Waals surface area contributed by atoms with E-state index in [2.05, 4.69) is 20.2 Å². The van der Waals surface area contributed by atoms with Gasteiger partial charge in [-0.1, -0.05) is 6.92 Å². The van der Waals surface area contributed by atoms with Crippen LogP contribution in [0.15, 0.2) is 4.90 Å². The Bertz CT molecular complexity index is 499. The highest BCUT2D eigenvalue weighted by atomic mass is 32.2. The summed E-state index contributed by atoms with van der Waals surface area (Å²) in [6.07, 6.45) is 1.62. The lowest BCUT2D eigenvalue weighted by molar-refractivity contribution is 0.133. The Morgan fingerprint density at radius 3 is 2.75 bits per heavy atom. The molecular weight excluding hydrogens is 280 g/mol. The molecule has 0 unspecified atom stereocenters. The van der Waals surface area contributed by atoms with Crippen LogP contribution in [0.1, 0.15) is 31.2 Å². The highest BCUT2D eigenvalue weighted by Crippen LogP contribution is 2.17. The molecule has 0 saturated heterocycles. The van der Waals surface area contributed by atoms with E-state index in [4.69, 9.17) is 4.74 Å². The number of aromatic amines is 1. The number of H-pyrrole nitrogens is 1. The minimum atomic E-state index is -3.53. The van der Waals surface area contributed by atoms with Crippen LogP contribution >= 0.6 is 0 Å². The number of aryl methyl sites for hydroxylation is 1. The topological polar surface area (TPSA) is 96.1 Å². The molecule has 1 heterocycles. The summed E-state index contributed by atoms with van der Waals surface area (Å²) >= 11 is 0. The smallest absolute Gasteiger partial charge is 0.244 e. The Kier molecular flexibility index (Phi) is 7.14.